The number of alkyl halides is 4. The fourth-order valence-corrected chi connectivity index (χ4v) is 2.29. The van der Waals surface area contributed by atoms with E-state index in [0.29, 0.717) is 12.0 Å². The van der Waals surface area contributed by atoms with Gasteiger partial charge in [-0.15, -0.1) is 0 Å². The highest BCUT2D eigenvalue weighted by atomic mass is 79.9. The summed E-state index contributed by atoms with van der Waals surface area (Å²) in [5.74, 6) is -0.0714. The predicted molar refractivity (Wildman–Crippen MR) is 67.9 cm³/mol. The molecule has 0 saturated carbocycles. The summed E-state index contributed by atoms with van der Waals surface area (Å²) in [6, 6.07) is 5.01. The van der Waals surface area contributed by atoms with Gasteiger partial charge in [-0.25, -0.2) is 0 Å². The van der Waals surface area contributed by atoms with E-state index in [0.717, 1.165) is 12.1 Å². The number of halogens is 4. The van der Waals surface area contributed by atoms with Crippen LogP contribution in [0.4, 0.5) is 13.2 Å². The number of nitriles is 1. The van der Waals surface area contributed by atoms with E-state index >= 15 is 0 Å². The van der Waals surface area contributed by atoms with Gasteiger partial charge in [0.15, 0.2) is 0 Å². The molecule has 0 aromatic heterocycles. The summed E-state index contributed by atoms with van der Waals surface area (Å²) >= 11 is 3.15. The van der Waals surface area contributed by atoms with Gasteiger partial charge < -0.3 is 0 Å². The summed E-state index contributed by atoms with van der Waals surface area (Å²) < 4.78 is 38.2. The zero-order valence-electron chi connectivity index (χ0n) is 10.1. The molecule has 1 rings (SSSR count). The summed E-state index contributed by atoms with van der Waals surface area (Å²) in [5.41, 5.74) is -1.00. The maximum Gasteiger partial charge on any atom is 0.417 e. The Kier molecular flexibility index (Phi) is 5.12. The first-order valence-electron chi connectivity index (χ1n) is 5.56. The summed E-state index contributed by atoms with van der Waals surface area (Å²) in [7, 11) is 0. The Morgan fingerprint density at radius 2 is 2.11 bits per heavy atom. The Bertz CT molecular complexity index is 520. The third kappa shape index (κ3) is 4.06. The summed E-state index contributed by atoms with van der Waals surface area (Å²) in [5, 5.41) is 8.67. The van der Waals surface area contributed by atoms with Crippen molar-refractivity contribution < 1.29 is 18.0 Å². The van der Waals surface area contributed by atoms with Gasteiger partial charge in [-0.2, -0.15) is 18.4 Å². The third-order valence-electron chi connectivity index (χ3n) is 2.62. The van der Waals surface area contributed by atoms with Crippen molar-refractivity contribution in [1.82, 2.24) is 0 Å². The van der Waals surface area contributed by atoms with Crippen LogP contribution in [0.15, 0.2) is 18.2 Å². The molecule has 19 heavy (non-hydrogen) atoms. The van der Waals surface area contributed by atoms with E-state index in [1.54, 1.807) is 6.92 Å². The van der Waals surface area contributed by atoms with Crippen LogP contribution in [0.5, 0.6) is 0 Å². The van der Waals surface area contributed by atoms with Gasteiger partial charge in [0, 0.05) is 6.42 Å². The molecule has 6 heteroatoms. The molecule has 0 aliphatic heterocycles. The van der Waals surface area contributed by atoms with E-state index in [-0.39, 0.29) is 12.2 Å². The van der Waals surface area contributed by atoms with Gasteiger partial charge in [0.05, 0.1) is 22.0 Å². The predicted octanol–water partition coefficient (Wildman–Crippen LogP) is 3.86. The number of Topliss-reactive ketones (excluding diaryl/α,β-unsaturated/α-hetero) is 1. The molecule has 0 radical (unpaired) electrons. The van der Waals surface area contributed by atoms with Crippen LogP contribution in [0, 0.1) is 11.3 Å². The molecule has 0 spiro atoms. The molecule has 0 saturated heterocycles. The van der Waals surface area contributed by atoms with Crippen molar-refractivity contribution in [3.8, 4) is 6.07 Å². The molecule has 0 heterocycles. The minimum absolute atomic E-state index is 0.0714. The second-order valence-corrected chi connectivity index (χ2v) is 5.09. The van der Waals surface area contributed by atoms with E-state index in [1.165, 1.54) is 12.1 Å². The monoisotopic (exact) mass is 333 g/mol. The van der Waals surface area contributed by atoms with Crippen LogP contribution >= 0.6 is 15.9 Å². The number of carbonyl (C=O) groups is 1. The summed E-state index contributed by atoms with van der Waals surface area (Å²) in [6.07, 6.45) is -4.09. The topological polar surface area (TPSA) is 40.9 Å². The summed E-state index contributed by atoms with van der Waals surface area (Å²) in [4.78, 5) is 10.9. The van der Waals surface area contributed by atoms with Crippen molar-refractivity contribution in [2.75, 3.05) is 0 Å². The molecule has 1 atom stereocenters. The summed E-state index contributed by atoms with van der Waals surface area (Å²) in [6.45, 7) is 1.69. The Balaban J connectivity index is 3.07. The number of carbonyl (C=O) groups excluding carboxylic acids is 1. The molecule has 1 aromatic rings. The molecule has 0 bridgehead atoms. The van der Waals surface area contributed by atoms with Crippen LogP contribution < -0.4 is 0 Å². The molecule has 1 unspecified atom stereocenters. The molecular formula is C13H11BrF3NO. The van der Waals surface area contributed by atoms with Crippen molar-refractivity contribution in [2.24, 2.45) is 0 Å². The Morgan fingerprint density at radius 1 is 1.47 bits per heavy atom. The van der Waals surface area contributed by atoms with E-state index in [9.17, 15) is 18.0 Å². The second-order valence-electron chi connectivity index (χ2n) is 3.98. The molecule has 1 aromatic carbocycles. The highest BCUT2D eigenvalue weighted by Gasteiger charge is 2.34. The second kappa shape index (κ2) is 6.20. The lowest BCUT2D eigenvalue weighted by molar-refractivity contribution is -0.137. The van der Waals surface area contributed by atoms with Gasteiger partial charge in [0.25, 0.3) is 0 Å². The van der Waals surface area contributed by atoms with E-state index in [4.69, 9.17) is 5.26 Å². The van der Waals surface area contributed by atoms with Gasteiger partial charge in [-0.3, -0.25) is 4.79 Å². The average molecular weight is 334 g/mol. The molecule has 102 valence electrons. The third-order valence-corrected chi connectivity index (χ3v) is 3.46. The standard InChI is InChI=1S/C13H11BrF3NO/c1-2-12(19)11(14)6-8-3-4-9(7-18)10(5-8)13(15,16)17/h3-5,11H,2,6H2,1H3. The van der Waals surface area contributed by atoms with Crippen LogP contribution in [0.1, 0.15) is 30.0 Å². The van der Waals surface area contributed by atoms with Crippen LogP contribution in [-0.2, 0) is 17.4 Å². The van der Waals surface area contributed by atoms with Gasteiger partial charge >= 0.3 is 6.18 Å². The molecule has 0 aliphatic rings. The molecule has 0 N–H and O–H groups in total. The fourth-order valence-electron chi connectivity index (χ4n) is 1.59. The quantitative estimate of drug-likeness (QED) is 0.785. The lowest BCUT2D eigenvalue weighted by Gasteiger charge is -2.12. The number of benzene rings is 1. The minimum Gasteiger partial charge on any atom is -0.298 e. The Morgan fingerprint density at radius 3 is 2.58 bits per heavy atom. The molecule has 2 nitrogen and oxygen atoms in total. The van der Waals surface area contributed by atoms with E-state index in [1.807, 2.05) is 0 Å². The highest BCUT2D eigenvalue weighted by molar-refractivity contribution is 9.10. The lowest BCUT2D eigenvalue weighted by atomic mass is 10.00. The van der Waals surface area contributed by atoms with Gasteiger partial charge in [-0.05, 0) is 24.1 Å². The Labute approximate surface area is 117 Å². The van der Waals surface area contributed by atoms with Crippen LogP contribution in [0.3, 0.4) is 0 Å². The SMILES string of the molecule is CCC(=O)C(Br)Cc1ccc(C#N)c(C(F)(F)F)c1. The largest absolute Gasteiger partial charge is 0.417 e. The van der Waals surface area contributed by atoms with Crippen molar-refractivity contribution in [1.29, 1.82) is 5.26 Å². The van der Waals surface area contributed by atoms with Crippen LogP contribution in [0.2, 0.25) is 0 Å². The zero-order chi connectivity index (χ0) is 14.6. The van der Waals surface area contributed by atoms with Crippen molar-refractivity contribution >= 4 is 21.7 Å². The zero-order valence-corrected chi connectivity index (χ0v) is 11.7. The smallest absolute Gasteiger partial charge is 0.298 e. The highest BCUT2D eigenvalue weighted by Crippen LogP contribution is 2.32. The number of rotatable bonds is 4. The molecule has 0 fully saturated rings. The first-order valence-corrected chi connectivity index (χ1v) is 6.48. The maximum absolute atomic E-state index is 12.7. The number of hydrogen-bond acceptors (Lipinski definition) is 2. The maximum atomic E-state index is 12.7. The van der Waals surface area contributed by atoms with Crippen LogP contribution in [0.25, 0.3) is 0 Å². The number of ketones is 1. The minimum atomic E-state index is -4.57. The molecule has 0 aliphatic carbocycles. The van der Waals surface area contributed by atoms with Crippen molar-refractivity contribution in [2.45, 2.75) is 30.8 Å². The fraction of sp³-hybridized carbons (Fsp3) is 0.385. The number of nitrogens with zero attached hydrogens (tertiary/aromatic N) is 1. The Hall–Kier alpha value is -1.35. The first kappa shape index (κ1) is 15.7. The van der Waals surface area contributed by atoms with Crippen molar-refractivity contribution in [3.63, 3.8) is 0 Å². The average Bonchev–Trinajstić information content (AvgIpc) is 2.36. The molecular weight excluding hydrogens is 323 g/mol. The van der Waals surface area contributed by atoms with E-state index < -0.39 is 22.1 Å². The van der Waals surface area contributed by atoms with E-state index in [2.05, 4.69) is 15.9 Å². The van der Waals surface area contributed by atoms with Crippen molar-refractivity contribution in [3.05, 3.63) is 34.9 Å². The number of hydrogen-bond donors (Lipinski definition) is 0. The van der Waals surface area contributed by atoms with Crippen LogP contribution in [-0.4, -0.2) is 10.6 Å². The van der Waals surface area contributed by atoms with Gasteiger partial charge in [0.1, 0.15) is 5.78 Å². The lowest BCUT2D eigenvalue weighted by Crippen LogP contribution is -2.16. The van der Waals surface area contributed by atoms with Gasteiger partial charge in [-0.1, -0.05) is 28.9 Å². The van der Waals surface area contributed by atoms with Gasteiger partial charge in [0.2, 0.25) is 0 Å². The normalized spacial score (nSPS) is 12.8. The molecule has 0 amide bonds. The first-order chi connectivity index (χ1) is 8.79.